The topological polar surface area (TPSA) is 131 Å². The number of hydrogen-bond acceptors (Lipinski definition) is 8. The molecular formula is C13H16N8O2S. The Hall–Kier alpha value is -2.69. The number of aromatic nitrogens is 6. The monoisotopic (exact) mass is 348 g/mol. The Morgan fingerprint density at radius 3 is 2.83 bits per heavy atom. The number of aryl methyl sites for hydroxylation is 2. The van der Waals surface area contributed by atoms with E-state index >= 15 is 0 Å². The molecule has 0 amide bonds. The van der Waals surface area contributed by atoms with E-state index in [1.165, 1.54) is 6.33 Å². The molecule has 3 aromatic rings. The summed E-state index contributed by atoms with van der Waals surface area (Å²) in [6, 6.07) is 0. The zero-order valence-corrected chi connectivity index (χ0v) is 14.0. The number of nitrogen functional groups attached to an aromatic ring is 1. The number of imidazole rings is 2. The number of anilines is 1. The standard InChI is InChI=1S/C13H16N8O2S/c1-3-4-5-20-7-15-8-9(20)17-13(14)18-11(8)24-12-10(21(22)23)16-6-19(12)2/h6-7H,3-5H2,1-2H3,(H2,14,17,18). The van der Waals surface area contributed by atoms with E-state index in [0.29, 0.717) is 21.2 Å². The second-order valence-electron chi connectivity index (χ2n) is 5.19. The minimum atomic E-state index is -0.524. The zero-order chi connectivity index (χ0) is 17.3. The number of unbranched alkanes of at least 4 members (excludes halogenated alkanes) is 1. The van der Waals surface area contributed by atoms with Gasteiger partial charge in [-0.3, -0.25) is 0 Å². The number of hydrogen-bond donors (Lipinski definition) is 1. The molecule has 0 radical (unpaired) electrons. The lowest BCUT2D eigenvalue weighted by molar-refractivity contribution is -0.392. The Balaban J connectivity index is 2.06. The molecule has 2 N–H and O–H groups in total. The van der Waals surface area contributed by atoms with E-state index in [0.717, 1.165) is 31.1 Å². The maximum Gasteiger partial charge on any atom is 0.396 e. The Labute approximate surface area is 141 Å². The van der Waals surface area contributed by atoms with E-state index in [-0.39, 0.29) is 11.8 Å². The summed E-state index contributed by atoms with van der Waals surface area (Å²) in [5.74, 6) is -0.119. The van der Waals surface area contributed by atoms with Crippen LogP contribution in [0.1, 0.15) is 19.8 Å². The maximum atomic E-state index is 11.1. The summed E-state index contributed by atoms with van der Waals surface area (Å²) in [6.07, 6.45) is 5.12. The summed E-state index contributed by atoms with van der Waals surface area (Å²) in [7, 11) is 1.68. The average Bonchev–Trinajstić information content (AvgIpc) is 3.10. The molecule has 0 fully saturated rings. The predicted molar refractivity (Wildman–Crippen MR) is 88.6 cm³/mol. The van der Waals surface area contributed by atoms with Crippen LogP contribution in [-0.2, 0) is 13.6 Å². The minimum absolute atomic E-state index is 0.105. The van der Waals surface area contributed by atoms with Gasteiger partial charge in [0, 0.05) is 13.6 Å². The number of fused-ring (bicyclic) bond motifs is 1. The van der Waals surface area contributed by atoms with Crippen LogP contribution in [0, 0.1) is 10.1 Å². The summed E-state index contributed by atoms with van der Waals surface area (Å²) in [5.41, 5.74) is 7.01. The van der Waals surface area contributed by atoms with Gasteiger partial charge in [0.05, 0.1) is 6.33 Å². The highest BCUT2D eigenvalue weighted by Crippen LogP contribution is 2.35. The minimum Gasteiger partial charge on any atom is -0.368 e. The second-order valence-corrected chi connectivity index (χ2v) is 6.17. The first-order valence-corrected chi connectivity index (χ1v) is 8.14. The van der Waals surface area contributed by atoms with Crippen LogP contribution in [0.5, 0.6) is 0 Å². The first-order chi connectivity index (χ1) is 11.5. The molecule has 0 unspecified atom stereocenters. The van der Waals surface area contributed by atoms with Gasteiger partial charge in [-0.05, 0) is 28.1 Å². The largest absolute Gasteiger partial charge is 0.396 e. The lowest BCUT2D eigenvalue weighted by Gasteiger charge is -2.05. The van der Waals surface area contributed by atoms with Crippen molar-refractivity contribution in [3.05, 3.63) is 22.8 Å². The molecule has 24 heavy (non-hydrogen) atoms. The van der Waals surface area contributed by atoms with Crippen LogP contribution >= 0.6 is 11.8 Å². The highest BCUT2D eigenvalue weighted by Gasteiger charge is 2.24. The van der Waals surface area contributed by atoms with Crippen molar-refractivity contribution in [1.82, 2.24) is 29.1 Å². The molecule has 10 nitrogen and oxygen atoms in total. The Bertz CT molecular complexity index is 903. The van der Waals surface area contributed by atoms with E-state index in [1.54, 1.807) is 17.9 Å². The Kier molecular flexibility index (Phi) is 4.34. The van der Waals surface area contributed by atoms with E-state index in [9.17, 15) is 10.1 Å². The van der Waals surface area contributed by atoms with Gasteiger partial charge in [-0.1, -0.05) is 13.3 Å². The molecule has 3 rings (SSSR count). The van der Waals surface area contributed by atoms with Gasteiger partial charge in [-0.2, -0.15) is 4.98 Å². The maximum absolute atomic E-state index is 11.1. The Morgan fingerprint density at radius 2 is 2.12 bits per heavy atom. The van der Waals surface area contributed by atoms with E-state index in [4.69, 9.17) is 5.73 Å². The van der Waals surface area contributed by atoms with Crippen molar-refractivity contribution in [2.75, 3.05) is 5.73 Å². The van der Waals surface area contributed by atoms with Gasteiger partial charge in [0.25, 0.3) is 0 Å². The quantitative estimate of drug-likeness (QED) is 0.406. The van der Waals surface area contributed by atoms with E-state index in [2.05, 4.69) is 26.9 Å². The molecule has 11 heteroatoms. The molecule has 0 saturated carbocycles. The van der Waals surface area contributed by atoms with Crippen molar-refractivity contribution < 1.29 is 4.92 Å². The Morgan fingerprint density at radius 1 is 1.33 bits per heavy atom. The third kappa shape index (κ3) is 2.89. The van der Waals surface area contributed by atoms with Gasteiger partial charge in [0.1, 0.15) is 10.5 Å². The molecule has 3 heterocycles. The fraction of sp³-hybridized carbons (Fsp3) is 0.385. The summed E-state index contributed by atoms with van der Waals surface area (Å²) >= 11 is 1.11. The van der Waals surface area contributed by atoms with Crippen LogP contribution in [0.4, 0.5) is 11.8 Å². The summed E-state index contributed by atoms with van der Waals surface area (Å²) in [6.45, 7) is 2.88. The molecule has 0 aliphatic heterocycles. The normalized spacial score (nSPS) is 11.2. The molecule has 0 aliphatic carbocycles. The molecule has 0 atom stereocenters. The van der Waals surface area contributed by atoms with Crippen LogP contribution < -0.4 is 5.73 Å². The van der Waals surface area contributed by atoms with Gasteiger partial charge >= 0.3 is 5.82 Å². The van der Waals surface area contributed by atoms with Crippen LogP contribution in [0.25, 0.3) is 11.2 Å². The molecule has 0 aromatic carbocycles. The smallest absolute Gasteiger partial charge is 0.368 e. The van der Waals surface area contributed by atoms with Crippen LogP contribution in [0.3, 0.4) is 0 Å². The SMILES string of the molecule is CCCCn1cnc2c(Sc3c([N+](=O)[O-])ncn3C)nc(N)nc21. The molecule has 0 bridgehead atoms. The lowest BCUT2D eigenvalue weighted by atomic mass is 10.3. The van der Waals surface area contributed by atoms with Crippen LogP contribution in [-0.4, -0.2) is 34.0 Å². The molecule has 3 aromatic heterocycles. The van der Waals surface area contributed by atoms with Crippen molar-refractivity contribution in [2.24, 2.45) is 7.05 Å². The van der Waals surface area contributed by atoms with Crippen molar-refractivity contribution in [1.29, 1.82) is 0 Å². The summed E-state index contributed by atoms with van der Waals surface area (Å²) in [5, 5.41) is 12.0. The van der Waals surface area contributed by atoms with Gasteiger partial charge in [0.2, 0.25) is 12.3 Å². The van der Waals surface area contributed by atoms with Crippen LogP contribution in [0.15, 0.2) is 22.7 Å². The summed E-state index contributed by atoms with van der Waals surface area (Å²) < 4.78 is 3.49. The van der Waals surface area contributed by atoms with Crippen molar-refractivity contribution in [3.63, 3.8) is 0 Å². The third-order valence-electron chi connectivity index (χ3n) is 3.43. The van der Waals surface area contributed by atoms with E-state index in [1.807, 2.05) is 4.57 Å². The van der Waals surface area contributed by atoms with Gasteiger partial charge in [0.15, 0.2) is 10.7 Å². The number of nitrogens with two attached hydrogens (primary N) is 1. The van der Waals surface area contributed by atoms with Crippen LogP contribution in [0.2, 0.25) is 0 Å². The van der Waals surface area contributed by atoms with Gasteiger partial charge in [-0.15, -0.1) is 0 Å². The first kappa shape index (κ1) is 16.2. The van der Waals surface area contributed by atoms with Gasteiger partial charge < -0.3 is 25.0 Å². The van der Waals surface area contributed by atoms with Crippen molar-refractivity contribution >= 4 is 34.7 Å². The fourth-order valence-corrected chi connectivity index (χ4v) is 3.21. The number of nitrogens with zero attached hydrogens (tertiary/aromatic N) is 7. The fourth-order valence-electron chi connectivity index (χ4n) is 2.24. The molecule has 126 valence electrons. The van der Waals surface area contributed by atoms with E-state index < -0.39 is 4.92 Å². The zero-order valence-electron chi connectivity index (χ0n) is 13.2. The molecule has 0 spiro atoms. The van der Waals surface area contributed by atoms with Gasteiger partial charge in [-0.25, -0.2) is 9.97 Å². The molecular weight excluding hydrogens is 332 g/mol. The highest BCUT2D eigenvalue weighted by atomic mass is 32.2. The predicted octanol–water partition coefficient (Wildman–Crippen LogP) is 2.00. The average molecular weight is 348 g/mol. The highest BCUT2D eigenvalue weighted by molar-refractivity contribution is 7.99. The van der Waals surface area contributed by atoms with Crippen molar-refractivity contribution in [3.8, 4) is 0 Å². The molecule has 0 saturated heterocycles. The second kappa shape index (κ2) is 6.43. The van der Waals surface area contributed by atoms with Crippen molar-refractivity contribution in [2.45, 2.75) is 36.4 Å². The first-order valence-electron chi connectivity index (χ1n) is 7.33. The third-order valence-corrected chi connectivity index (χ3v) is 4.57. The molecule has 0 aliphatic rings. The summed E-state index contributed by atoms with van der Waals surface area (Å²) in [4.78, 5) is 27.2. The number of rotatable bonds is 6. The lowest BCUT2D eigenvalue weighted by Crippen LogP contribution is -2.02. The number of nitro groups is 1.